The molecule has 0 spiro atoms. The summed E-state index contributed by atoms with van der Waals surface area (Å²) in [5.41, 5.74) is 0.290. The van der Waals surface area contributed by atoms with Crippen molar-refractivity contribution in [2.24, 2.45) is 0 Å². The number of carboxylic acids is 1. The van der Waals surface area contributed by atoms with Gasteiger partial charge in [-0.25, -0.2) is 4.39 Å². The third-order valence-electron chi connectivity index (χ3n) is 6.95. The summed E-state index contributed by atoms with van der Waals surface area (Å²) in [6, 6.07) is 6.52. The molecule has 1 unspecified atom stereocenters. The Morgan fingerprint density at radius 1 is 1.13 bits per heavy atom. The summed E-state index contributed by atoms with van der Waals surface area (Å²) in [7, 11) is 0. The summed E-state index contributed by atoms with van der Waals surface area (Å²) in [5.74, 6) is -2.21. The van der Waals surface area contributed by atoms with E-state index in [4.69, 9.17) is 5.11 Å². The van der Waals surface area contributed by atoms with E-state index < -0.39 is 29.2 Å². The van der Waals surface area contributed by atoms with Crippen molar-refractivity contribution in [3.8, 4) is 0 Å². The molecule has 9 heteroatoms. The summed E-state index contributed by atoms with van der Waals surface area (Å²) < 4.78 is 16.9. The second kappa shape index (κ2) is 14.1. The van der Waals surface area contributed by atoms with E-state index in [1.165, 1.54) is 18.7 Å². The highest BCUT2D eigenvalue weighted by atomic mass is 32.1. The molecule has 3 N–H and O–H groups in total. The zero-order chi connectivity index (χ0) is 27.7. The lowest BCUT2D eigenvalue weighted by Gasteiger charge is -2.26. The number of rotatable bonds is 9. The van der Waals surface area contributed by atoms with Gasteiger partial charge >= 0.3 is 5.97 Å². The van der Waals surface area contributed by atoms with Gasteiger partial charge in [0.2, 0.25) is 5.43 Å². The number of thiophene rings is 1. The molecule has 1 atom stereocenters. The molecule has 4 rings (SSSR count). The number of fused-ring (bicyclic) bond motifs is 1. The Morgan fingerprint density at radius 3 is 2.34 bits per heavy atom. The van der Waals surface area contributed by atoms with Crippen LogP contribution >= 0.6 is 11.3 Å². The molecule has 2 heterocycles. The summed E-state index contributed by atoms with van der Waals surface area (Å²) in [4.78, 5) is 37.0. The summed E-state index contributed by atoms with van der Waals surface area (Å²) in [5, 5.41) is 19.1. The smallest absolute Gasteiger partial charge is 0.305 e. The van der Waals surface area contributed by atoms with Crippen LogP contribution in [0.2, 0.25) is 0 Å². The number of carbonyl (C=O) groups excluding carboxylic acids is 1. The lowest BCUT2D eigenvalue weighted by molar-refractivity contribution is -0.137. The van der Waals surface area contributed by atoms with Gasteiger partial charge in [-0.15, -0.1) is 0 Å². The molecule has 0 aliphatic heterocycles. The number of nitrogens with zero attached hydrogens (tertiary/aromatic N) is 1. The normalized spacial score (nSPS) is 14.6. The Hall–Kier alpha value is -3.20. The second-order valence-corrected chi connectivity index (χ2v) is 10.7. The Morgan fingerprint density at radius 2 is 1.79 bits per heavy atom. The number of halogens is 1. The van der Waals surface area contributed by atoms with Crippen LogP contribution in [0.3, 0.4) is 0 Å². The quantitative estimate of drug-likeness (QED) is 0.283. The van der Waals surface area contributed by atoms with Gasteiger partial charge in [-0.3, -0.25) is 14.4 Å². The number of aromatic nitrogens is 1. The molecule has 0 radical (unpaired) electrons. The molecule has 38 heavy (non-hydrogen) atoms. The Balaban J connectivity index is 0.000000715. The molecular formula is C29H38FN3O4S. The van der Waals surface area contributed by atoms with E-state index in [0.29, 0.717) is 11.2 Å². The number of nitrogens with one attached hydrogen (secondary N) is 2. The first-order valence-corrected chi connectivity index (χ1v) is 14.3. The zero-order valence-electron chi connectivity index (χ0n) is 22.3. The van der Waals surface area contributed by atoms with Gasteiger partial charge in [0, 0.05) is 29.7 Å². The fourth-order valence-electron chi connectivity index (χ4n) is 4.93. The summed E-state index contributed by atoms with van der Waals surface area (Å²) >= 11 is 1.71. The number of hydrogen-bond acceptors (Lipinski definition) is 5. The minimum Gasteiger partial charge on any atom is -0.481 e. The van der Waals surface area contributed by atoms with Crippen molar-refractivity contribution in [1.82, 2.24) is 9.88 Å². The molecule has 0 saturated heterocycles. The van der Waals surface area contributed by atoms with E-state index in [9.17, 15) is 14.4 Å². The Bertz CT molecular complexity index is 1250. The van der Waals surface area contributed by atoms with Gasteiger partial charge in [0.15, 0.2) is 0 Å². The largest absolute Gasteiger partial charge is 0.481 e. The van der Waals surface area contributed by atoms with Crippen LogP contribution < -0.4 is 16.1 Å². The molecule has 3 aromatic rings. The number of amides is 1. The first-order valence-electron chi connectivity index (χ1n) is 13.4. The maximum Gasteiger partial charge on any atom is 0.305 e. The van der Waals surface area contributed by atoms with Crippen molar-refractivity contribution in [1.29, 1.82) is 0 Å². The van der Waals surface area contributed by atoms with E-state index >= 15 is 4.39 Å². The van der Waals surface area contributed by atoms with Crippen LogP contribution in [0, 0.1) is 5.82 Å². The first-order chi connectivity index (χ1) is 18.2. The van der Waals surface area contributed by atoms with Crippen molar-refractivity contribution in [2.45, 2.75) is 90.3 Å². The summed E-state index contributed by atoms with van der Waals surface area (Å²) in [6.45, 7) is 5.62. The number of anilines is 1. The fourth-order valence-corrected chi connectivity index (χ4v) is 5.39. The second-order valence-electron chi connectivity index (χ2n) is 9.84. The predicted molar refractivity (Wildman–Crippen MR) is 152 cm³/mol. The Kier molecular flexibility index (Phi) is 10.9. The third kappa shape index (κ3) is 7.66. The Labute approximate surface area is 227 Å². The van der Waals surface area contributed by atoms with E-state index in [1.54, 1.807) is 24.3 Å². The van der Waals surface area contributed by atoms with Crippen LogP contribution in [0.1, 0.15) is 88.5 Å². The number of carbonyl (C=O) groups is 2. The number of benzene rings is 1. The van der Waals surface area contributed by atoms with Crippen LogP contribution in [0.25, 0.3) is 10.9 Å². The SMILES string of the molecule is CCC(CC)n1cc(C(=O)NC(C)CC(=O)O)c(=O)c2cc(F)c(NC3CCCCC3)cc21.c1ccsc1. The van der Waals surface area contributed by atoms with E-state index in [1.807, 2.05) is 41.3 Å². The van der Waals surface area contributed by atoms with Crippen LogP contribution in [-0.2, 0) is 4.79 Å². The van der Waals surface area contributed by atoms with Crippen LogP contribution in [-0.4, -0.2) is 33.6 Å². The van der Waals surface area contributed by atoms with Crippen LogP contribution in [0.4, 0.5) is 10.1 Å². The van der Waals surface area contributed by atoms with E-state index in [0.717, 1.165) is 38.5 Å². The van der Waals surface area contributed by atoms with Gasteiger partial charge in [-0.1, -0.05) is 45.2 Å². The van der Waals surface area contributed by atoms with Crippen LogP contribution in [0.5, 0.6) is 0 Å². The highest BCUT2D eigenvalue weighted by molar-refractivity contribution is 7.07. The van der Waals surface area contributed by atoms with Gasteiger partial charge in [-0.2, -0.15) is 11.3 Å². The first kappa shape index (κ1) is 29.4. The van der Waals surface area contributed by atoms with Gasteiger partial charge in [0.05, 0.1) is 17.6 Å². The van der Waals surface area contributed by atoms with Crippen molar-refractivity contribution < 1.29 is 19.1 Å². The lowest BCUT2D eigenvalue weighted by Crippen LogP contribution is -2.37. The van der Waals surface area contributed by atoms with Crippen molar-refractivity contribution in [3.05, 3.63) is 62.8 Å². The average molecular weight is 544 g/mol. The van der Waals surface area contributed by atoms with Gasteiger partial charge < -0.3 is 20.3 Å². The molecule has 206 valence electrons. The molecule has 1 saturated carbocycles. The van der Waals surface area contributed by atoms with Crippen molar-refractivity contribution in [3.63, 3.8) is 0 Å². The molecule has 7 nitrogen and oxygen atoms in total. The maximum absolute atomic E-state index is 15.1. The van der Waals surface area contributed by atoms with Gasteiger partial charge in [-0.05, 0) is 55.5 Å². The molecule has 2 aromatic heterocycles. The van der Waals surface area contributed by atoms with Crippen molar-refractivity contribution in [2.75, 3.05) is 5.32 Å². The lowest BCUT2D eigenvalue weighted by atomic mass is 9.95. The third-order valence-corrected chi connectivity index (χ3v) is 7.58. The highest BCUT2D eigenvalue weighted by Gasteiger charge is 2.23. The zero-order valence-corrected chi connectivity index (χ0v) is 23.2. The number of carboxylic acid groups (broad SMARTS) is 1. The summed E-state index contributed by atoms with van der Waals surface area (Å²) in [6.07, 6.45) is 8.23. The molecule has 1 amide bonds. The van der Waals surface area contributed by atoms with Gasteiger partial charge in [0.25, 0.3) is 5.91 Å². The minimum atomic E-state index is -1.05. The number of pyridine rings is 1. The molecule has 1 fully saturated rings. The molecular weight excluding hydrogens is 505 g/mol. The topological polar surface area (TPSA) is 100 Å². The van der Waals surface area contributed by atoms with Crippen molar-refractivity contribution >= 4 is 39.8 Å². The molecule has 0 bridgehead atoms. The monoisotopic (exact) mass is 543 g/mol. The minimum absolute atomic E-state index is 0.0177. The van der Waals surface area contributed by atoms with E-state index in [-0.39, 0.29) is 29.5 Å². The average Bonchev–Trinajstić information content (AvgIpc) is 3.47. The maximum atomic E-state index is 15.1. The number of aliphatic carboxylic acids is 1. The van der Waals surface area contributed by atoms with E-state index in [2.05, 4.69) is 10.6 Å². The molecule has 1 aliphatic rings. The fraction of sp³-hybridized carbons (Fsp3) is 0.483. The predicted octanol–water partition coefficient (Wildman–Crippen LogP) is 6.59. The number of hydrogen-bond donors (Lipinski definition) is 3. The van der Waals surface area contributed by atoms with Crippen LogP contribution in [0.15, 0.2) is 46.0 Å². The highest BCUT2D eigenvalue weighted by Crippen LogP contribution is 2.29. The standard InChI is InChI=1S/C25H34FN3O4.C4H4S/c1-4-17(5-2)29-14-19(25(33)27-15(3)11-23(30)31)24(32)18-12-20(26)21(13-22(18)29)28-16-9-7-6-8-10-16;1-2-4-5-3-1/h12-17,28H,4-11H2,1-3H3,(H,27,33)(H,30,31);1-4H. The van der Waals surface area contributed by atoms with Gasteiger partial charge in [0.1, 0.15) is 11.4 Å². The molecule has 1 aliphatic carbocycles. The molecule has 1 aromatic carbocycles.